The Labute approximate surface area is 112 Å². The molecule has 2 rings (SSSR count). The molecule has 98 valence electrons. The topological polar surface area (TPSA) is 54.4 Å². The van der Waals surface area contributed by atoms with Crippen molar-refractivity contribution in [3.63, 3.8) is 0 Å². The van der Waals surface area contributed by atoms with Gasteiger partial charge in [0.05, 0.1) is 27.0 Å². The second-order valence-corrected chi connectivity index (χ2v) is 5.30. The predicted molar refractivity (Wildman–Crippen MR) is 69.9 cm³/mol. The summed E-state index contributed by atoms with van der Waals surface area (Å²) in [7, 11) is -1.60. The average molecular weight is 278 g/mol. The van der Waals surface area contributed by atoms with Crippen LogP contribution in [0.25, 0.3) is 0 Å². The van der Waals surface area contributed by atoms with Crippen LogP contribution < -0.4 is 0 Å². The van der Waals surface area contributed by atoms with Crippen molar-refractivity contribution in [1.29, 1.82) is 0 Å². The molecule has 0 saturated heterocycles. The molecule has 0 aliphatic rings. The van der Waals surface area contributed by atoms with Gasteiger partial charge in [0.1, 0.15) is 5.82 Å². The maximum absolute atomic E-state index is 13.5. The van der Waals surface area contributed by atoms with Gasteiger partial charge in [0.2, 0.25) is 0 Å². The van der Waals surface area contributed by atoms with Crippen molar-refractivity contribution in [2.45, 2.75) is 10.6 Å². The van der Waals surface area contributed by atoms with Crippen molar-refractivity contribution >= 4 is 16.8 Å². The summed E-state index contributed by atoms with van der Waals surface area (Å²) in [4.78, 5) is 11.2. The Bertz CT molecular complexity index is 640. The number of carbonyl (C=O) groups is 1. The van der Waals surface area contributed by atoms with Crippen LogP contribution in [0.15, 0.2) is 53.4 Å². The number of hydrogen-bond acceptors (Lipinski definition) is 2. The average Bonchev–Trinajstić information content (AvgIpc) is 2.41. The van der Waals surface area contributed by atoms with Crippen LogP contribution in [0.4, 0.5) is 4.39 Å². The molecule has 0 aliphatic carbocycles. The van der Waals surface area contributed by atoms with Crippen LogP contribution in [0, 0.1) is 5.82 Å². The van der Waals surface area contributed by atoms with Crippen LogP contribution in [0.3, 0.4) is 0 Å². The zero-order chi connectivity index (χ0) is 13.8. The largest absolute Gasteiger partial charge is 0.478 e. The molecular formula is C14H11FO3S. The normalized spacial score (nSPS) is 12.1. The monoisotopic (exact) mass is 278 g/mol. The molecule has 0 spiro atoms. The summed E-state index contributed by atoms with van der Waals surface area (Å²) in [6, 6.07) is 12.1. The lowest BCUT2D eigenvalue weighted by atomic mass is 10.2. The number of aromatic carboxylic acids is 1. The van der Waals surface area contributed by atoms with Crippen molar-refractivity contribution in [3.05, 3.63) is 65.5 Å². The number of carboxylic acids is 1. The molecule has 3 nitrogen and oxygen atoms in total. The van der Waals surface area contributed by atoms with Gasteiger partial charge in [0, 0.05) is 5.56 Å². The third-order valence-electron chi connectivity index (χ3n) is 2.61. The van der Waals surface area contributed by atoms with Crippen LogP contribution in [-0.4, -0.2) is 15.3 Å². The molecule has 1 atom stereocenters. The Kier molecular flexibility index (Phi) is 4.06. The summed E-state index contributed by atoms with van der Waals surface area (Å²) in [5.74, 6) is -1.63. The van der Waals surface area contributed by atoms with Crippen molar-refractivity contribution in [2.24, 2.45) is 0 Å². The van der Waals surface area contributed by atoms with E-state index in [1.165, 1.54) is 24.3 Å². The fourth-order valence-corrected chi connectivity index (χ4v) is 2.98. The first-order chi connectivity index (χ1) is 9.09. The smallest absolute Gasteiger partial charge is 0.336 e. The van der Waals surface area contributed by atoms with Crippen molar-refractivity contribution in [1.82, 2.24) is 0 Å². The molecule has 19 heavy (non-hydrogen) atoms. The zero-order valence-electron chi connectivity index (χ0n) is 9.88. The molecule has 1 unspecified atom stereocenters. The second-order valence-electron chi connectivity index (χ2n) is 3.88. The van der Waals surface area contributed by atoms with E-state index in [0.717, 1.165) is 0 Å². The highest BCUT2D eigenvalue weighted by atomic mass is 32.2. The zero-order valence-corrected chi connectivity index (χ0v) is 10.7. The van der Waals surface area contributed by atoms with E-state index in [4.69, 9.17) is 5.11 Å². The summed E-state index contributed by atoms with van der Waals surface area (Å²) in [6.45, 7) is 0. The van der Waals surface area contributed by atoms with Crippen LogP contribution in [0.2, 0.25) is 0 Å². The molecule has 0 aliphatic heterocycles. The van der Waals surface area contributed by atoms with E-state index in [1.807, 2.05) is 0 Å². The summed E-state index contributed by atoms with van der Waals surface area (Å²) in [6.07, 6.45) is 0. The lowest BCUT2D eigenvalue weighted by Gasteiger charge is -2.06. The van der Waals surface area contributed by atoms with Crippen LogP contribution in [-0.2, 0) is 16.6 Å². The maximum atomic E-state index is 13.5. The molecule has 0 aromatic heterocycles. The minimum absolute atomic E-state index is 0.0165. The summed E-state index contributed by atoms with van der Waals surface area (Å²) < 4.78 is 25.6. The number of hydrogen-bond donors (Lipinski definition) is 1. The Morgan fingerprint density at radius 1 is 1.11 bits per heavy atom. The van der Waals surface area contributed by atoms with E-state index in [0.29, 0.717) is 5.56 Å². The van der Waals surface area contributed by atoms with Gasteiger partial charge in [-0.15, -0.1) is 0 Å². The van der Waals surface area contributed by atoms with Crippen LogP contribution in [0.5, 0.6) is 0 Å². The van der Waals surface area contributed by atoms with Gasteiger partial charge >= 0.3 is 5.97 Å². The highest BCUT2D eigenvalue weighted by Crippen LogP contribution is 2.18. The maximum Gasteiger partial charge on any atom is 0.336 e. The van der Waals surface area contributed by atoms with Crippen molar-refractivity contribution in [3.8, 4) is 0 Å². The van der Waals surface area contributed by atoms with Gasteiger partial charge in [0.25, 0.3) is 0 Å². The highest BCUT2D eigenvalue weighted by molar-refractivity contribution is 7.84. The lowest BCUT2D eigenvalue weighted by molar-refractivity contribution is 0.0693. The molecule has 1 N–H and O–H groups in total. The first-order valence-corrected chi connectivity index (χ1v) is 6.85. The van der Waals surface area contributed by atoms with Gasteiger partial charge in [-0.1, -0.05) is 30.3 Å². The molecule has 0 amide bonds. The van der Waals surface area contributed by atoms with E-state index < -0.39 is 22.6 Å². The minimum Gasteiger partial charge on any atom is -0.478 e. The van der Waals surface area contributed by atoms with E-state index in [9.17, 15) is 13.4 Å². The number of benzene rings is 2. The molecule has 0 saturated carbocycles. The SMILES string of the molecule is O=C(O)c1ccccc1S(=O)Cc1ccccc1F. The molecular weight excluding hydrogens is 267 g/mol. The Balaban J connectivity index is 2.31. The third kappa shape index (κ3) is 3.06. The second kappa shape index (κ2) is 5.75. The van der Waals surface area contributed by atoms with Gasteiger partial charge in [-0.25, -0.2) is 9.18 Å². The van der Waals surface area contributed by atoms with Gasteiger partial charge in [-0.3, -0.25) is 4.21 Å². The standard InChI is InChI=1S/C14H11FO3S/c15-12-7-3-1-5-10(12)9-19(18)13-8-4-2-6-11(13)14(16)17/h1-8H,9H2,(H,16,17). The summed E-state index contributed by atoms with van der Waals surface area (Å²) >= 11 is 0. The first kappa shape index (κ1) is 13.4. The lowest BCUT2D eigenvalue weighted by Crippen LogP contribution is -2.06. The molecule has 2 aromatic rings. The van der Waals surface area contributed by atoms with Crippen molar-refractivity contribution in [2.75, 3.05) is 0 Å². The minimum atomic E-state index is -1.60. The molecule has 2 aromatic carbocycles. The van der Waals surface area contributed by atoms with E-state index in [1.54, 1.807) is 24.3 Å². The quantitative estimate of drug-likeness (QED) is 0.935. The molecule has 0 radical (unpaired) electrons. The van der Waals surface area contributed by atoms with E-state index in [-0.39, 0.29) is 16.2 Å². The fraction of sp³-hybridized carbons (Fsp3) is 0.0714. The van der Waals surface area contributed by atoms with Crippen LogP contribution in [0.1, 0.15) is 15.9 Å². The highest BCUT2D eigenvalue weighted by Gasteiger charge is 2.16. The first-order valence-electron chi connectivity index (χ1n) is 5.53. The van der Waals surface area contributed by atoms with Crippen molar-refractivity contribution < 1.29 is 18.5 Å². The third-order valence-corrected chi connectivity index (χ3v) is 4.03. The van der Waals surface area contributed by atoms with Crippen LogP contribution >= 0.6 is 0 Å². The Morgan fingerprint density at radius 2 is 1.74 bits per heavy atom. The van der Waals surface area contributed by atoms with E-state index >= 15 is 0 Å². The van der Waals surface area contributed by atoms with Gasteiger partial charge in [-0.05, 0) is 18.2 Å². The van der Waals surface area contributed by atoms with E-state index in [2.05, 4.69) is 0 Å². The Hall–Kier alpha value is -2.01. The summed E-state index contributed by atoms with van der Waals surface area (Å²) in [5.41, 5.74) is 0.290. The molecule has 0 heterocycles. The summed E-state index contributed by atoms with van der Waals surface area (Å²) in [5, 5.41) is 9.03. The Morgan fingerprint density at radius 3 is 2.42 bits per heavy atom. The fourth-order valence-electron chi connectivity index (χ4n) is 1.68. The van der Waals surface area contributed by atoms with Gasteiger partial charge < -0.3 is 5.11 Å². The predicted octanol–water partition coefficient (Wildman–Crippen LogP) is 2.83. The number of rotatable bonds is 4. The van der Waals surface area contributed by atoms with Gasteiger partial charge in [-0.2, -0.15) is 0 Å². The molecule has 5 heteroatoms. The molecule has 0 fully saturated rings. The van der Waals surface area contributed by atoms with Gasteiger partial charge in [0.15, 0.2) is 0 Å². The number of halogens is 1. The molecule has 0 bridgehead atoms. The number of carboxylic acid groups (broad SMARTS) is 1.